The molecule has 4 rings (SSSR count). The molecule has 228 valence electrons. The zero-order chi connectivity index (χ0) is 30.1. The number of aromatic nitrogens is 2. The number of carbonyl (C=O) groups excluding carboxylic acids is 2. The van der Waals surface area contributed by atoms with E-state index >= 15 is 0 Å². The predicted octanol–water partition coefficient (Wildman–Crippen LogP) is 6.40. The van der Waals surface area contributed by atoms with Crippen molar-refractivity contribution >= 4 is 47.3 Å². The molecule has 0 spiro atoms. The van der Waals surface area contributed by atoms with Crippen LogP contribution in [0.25, 0.3) is 0 Å². The highest BCUT2D eigenvalue weighted by Gasteiger charge is 2.27. The highest BCUT2D eigenvalue weighted by atomic mass is 35.5. The van der Waals surface area contributed by atoms with Gasteiger partial charge < -0.3 is 20.3 Å². The zero-order valence-electron chi connectivity index (χ0n) is 22.8. The van der Waals surface area contributed by atoms with Crippen LogP contribution in [0, 0.1) is 11.6 Å². The quantitative estimate of drug-likeness (QED) is 0.119. The molecule has 0 saturated carbocycles. The largest absolute Gasteiger partial charge is 0.493 e. The van der Waals surface area contributed by atoms with Crippen molar-refractivity contribution in [2.75, 3.05) is 13.2 Å². The number of nitrogens with one attached hydrogen (secondary N) is 1. The molecule has 1 amide bonds. The number of unbranched alkanes of at least 4 members (excludes halogenated alkanes) is 1. The number of Topliss-reactive ketones (excluding diaryl/α,β-unsaturated/α-hetero) is 1. The highest BCUT2D eigenvalue weighted by Crippen LogP contribution is 2.23. The summed E-state index contributed by atoms with van der Waals surface area (Å²) >= 11 is 12.0. The van der Waals surface area contributed by atoms with E-state index in [1.54, 1.807) is 6.07 Å². The molecule has 1 unspecified atom stereocenters. The van der Waals surface area contributed by atoms with E-state index in [1.165, 1.54) is 0 Å². The first-order chi connectivity index (χ1) is 20.2. The molecule has 13 heteroatoms. The lowest BCUT2D eigenvalue weighted by molar-refractivity contribution is 0.0843. The number of carbonyl (C=O) groups is 2. The molecular weight excluding hydrogens is 625 g/mol. The molecule has 0 aliphatic heterocycles. The summed E-state index contributed by atoms with van der Waals surface area (Å²) in [6, 6.07) is 14.5. The van der Waals surface area contributed by atoms with Gasteiger partial charge in [0.05, 0.1) is 29.1 Å². The third kappa shape index (κ3) is 9.72. The summed E-state index contributed by atoms with van der Waals surface area (Å²) in [4.78, 5) is 30.1. The number of halogens is 5. The standard InChI is InChI=1S/C30H28Cl2F2N4O4.ClH/c31-22-10-6-19(15-23(22)32)12-14-41-21-8-4-18(5-9-21)16-27-37-29(38-42-27)28(39)26(3-1-2-13-35)36-30(40)20-7-11-24(33)25(34)17-20;/h4-11,15,17,26H,1-3,12-14,16,35H2,(H,36,40);1H. The molecule has 8 nitrogen and oxygen atoms in total. The second kappa shape index (κ2) is 16.3. The highest BCUT2D eigenvalue weighted by molar-refractivity contribution is 6.42. The van der Waals surface area contributed by atoms with Gasteiger partial charge in [0.25, 0.3) is 5.91 Å². The minimum absolute atomic E-state index is 0. The van der Waals surface area contributed by atoms with Gasteiger partial charge in [-0.15, -0.1) is 12.4 Å². The molecule has 0 aliphatic rings. The van der Waals surface area contributed by atoms with E-state index in [-0.39, 0.29) is 42.5 Å². The van der Waals surface area contributed by atoms with E-state index in [4.69, 9.17) is 38.2 Å². The van der Waals surface area contributed by atoms with Gasteiger partial charge in [0.2, 0.25) is 17.5 Å². The summed E-state index contributed by atoms with van der Waals surface area (Å²) in [6.45, 7) is 0.858. The SMILES string of the molecule is Cl.NCCCCC(NC(=O)c1ccc(F)c(F)c1)C(=O)c1noc(Cc2ccc(OCCc3ccc(Cl)c(Cl)c3)cc2)n1. The Morgan fingerprint density at radius 3 is 2.40 bits per heavy atom. The topological polar surface area (TPSA) is 120 Å². The fourth-order valence-electron chi connectivity index (χ4n) is 4.08. The van der Waals surface area contributed by atoms with E-state index in [1.807, 2.05) is 36.4 Å². The van der Waals surface area contributed by atoms with Crippen LogP contribution in [0.1, 0.15) is 57.3 Å². The van der Waals surface area contributed by atoms with E-state index in [9.17, 15) is 18.4 Å². The van der Waals surface area contributed by atoms with Crippen molar-refractivity contribution in [3.05, 3.63) is 111 Å². The number of nitrogens with two attached hydrogens (primary N) is 1. The first-order valence-electron chi connectivity index (χ1n) is 13.2. The van der Waals surface area contributed by atoms with E-state index < -0.39 is 29.4 Å². The Morgan fingerprint density at radius 1 is 0.953 bits per heavy atom. The molecule has 43 heavy (non-hydrogen) atoms. The Labute approximate surface area is 263 Å². The fourth-order valence-corrected chi connectivity index (χ4v) is 4.40. The predicted molar refractivity (Wildman–Crippen MR) is 161 cm³/mol. The fraction of sp³-hybridized carbons (Fsp3) is 0.267. The average Bonchev–Trinajstić information content (AvgIpc) is 3.45. The second-order valence-corrected chi connectivity index (χ2v) is 10.3. The van der Waals surface area contributed by atoms with Gasteiger partial charge in [0.15, 0.2) is 11.6 Å². The Morgan fingerprint density at radius 2 is 1.70 bits per heavy atom. The maximum Gasteiger partial charge on any atom is 0.251 e. The Kier molecular flexibility index (Phi) is 12.9. The van der Waals surface area contributed by atoms with Gasteiger partial charge in [-0.25, -0.2) is 8.78 Å². The smallest absolute Gasteiger partial charge is 0.251 e. The van der Waals surface area contributed by atoms with Crippen molar-refractivity contribution in [2.45, 2.75) is 38.1 Å². The van der Waals surface area contributed by atoms with Crippen LogP contribution in [0.3, 0.4) is 0 Å². The lowest BCUT2D eigenvalue weighted by Gasteiger charge is -2.16. The van der Waals surface area contributed by atoms with Crippen molar-refractivity contribution in [2.24, 2.45) is 5.73 Å². The van der Waals surface area contributed by atoms with Crippen LogP contribution in [0.4, 0.5) is 8.78 Å². The maximum absolute atomic E-state index is 13.6. The number of benzene rings is 3. The van der Waals surface area contributed by atoms with Gasteiger partial charge in [-0.1, -0.05) is 46.6 Å². The number of hydrogen-bond acceptors (Lipinski definition) is 7. The molecule has 0 aliphatic carbocycles. The van der Waals surface area contributed by atoms with Gasteiger partial charge in [0, 0.05) is 12.0 Å². The molecule has 0 saturated heterocycles. The van der Waals surface area contributed by atoms with Crippen LogP contribution in [-0.4, -0.2) is 41.0 Å². The molecule has 3 aromatic carbocycles. The summed E-state index contributed by atoms with van der Waals surface area (Å²) in [5.41, 5.74) is 7.29. The Bertz CT molecular complexity index is 1540. The van der Waals surface area contributed by atoms with Crippen molar-refractivity contribution in [3.8, 4) is 5.75 Å². The molecule has 0 fully saturated rings. The minimum Gasteiger partial charge on any atom is -0.493 e. The van der Waals surface area contributed by atoms with Crippen molar-refractivity contribution in [1.29, 1.82) is 0 Å². The van der Waals surface area contributed by atoms with Crippen LogP contribution in [0.5, 0.6) is 5.75 Å². The van der Waals surface area contributed by atoms with Gasteiger partial charge in [0.1, 0.15) is 5.75 Å². The second-order valence-electron chi connectivity index (χ2n) is 9.48. The molecule has 0 bridgehead atoms. The average molecular weight is 654 g/mol. The van der Waals surface area contributed by atoms with Crippen LogP contribution in [0.15, 0.2) is 65.2 Å². The number of nitrogens with zero attached hydrogens (tertiary/aromatic N) is 2. The first kappa shape index (κ1) is 33.9. The number of amides is 1. The molecule has 4 aromatic rings. The number of ether oxygens (including phenoxy) is 1. The monoisotopic (exact) mass is 652 g/mol. The first-order valence-corrected chi connectivity index (χ1v) is 14.0. The van der Waals surface area contributed by atoms with Crippen LogP contribution < -0.4 is 15.8 Å². The van der Waals surface area contributed by atoms with E-state index in [2.05, 4.69) is 15.5 Å². The van der Waals surface area contributed by atoms with E-state index in [0.717, 1.165) is 29.3 Å². The lowest BCUT2D eigenvalue weighted by Crippen LogP contribution is -2.41. The maximum atomic E-state index is 13.6. The van der Waals surface area contributed by atoms with Crippen LogP contribution >= 0.6 is 35.6 Å². The summed E-state index contributed by atoms with van der Waals surface area (Å²) in [6.07, 6.45) is 2.34. The molecule has 3 N–H and O–H groups in total. The van der Waals surface area contributed by atoms with Crippen LogP contribution in [0.2, 0.25) is 10.0 Å². The number of hydrogen-bond donors (Lipinski definition) is 2. The Balaban J connectivity index is 0.00000506. The third-order valence-corrected chi connectivity index (χ3v) is 7.10. The zero-order valence-corrected chi connectivity index (χ0v) is 25.2. The lowest BCUT2D eigenvalue weighted by atomic mass is 10.0. The van der Waals surface area contributed by atoms with Crippen molar-refractivity contribution in [3.63, 3.8) is 0 Å². The molecule has 1 atom stereocenters. The summed E-state index contributed by atoms with van der Waals surface area (Å²) in [5.74, 6) is -2.86. The van der Waals surface area contributed by atoms with E-state index in [0.29, 0.717) is 48.2 Å². The van der Waals surface area contributed by atoms with Crippen LogP contribution in [-0.2, 0) is 12.8 Å². The molecule has 1 aromatic heterocycles. The van der Waals surface area contributed by atoms with Crippen molar-refractivity contribution in [1.82, 2.24) is 15.5 Å². The van der Waals surface area contributed by atoms with Gasteiger partial charge in [-0.2, -0.15) is 4.98 Å². The molecule has 1 heterocycles. The minimum atomic E-state index is -1.17. The summed E-state index contributed by atoms with van der Waals surface area (Å²) < 4.78 is 38.0. The van der Waals surface area contributed by atoms with Gasteiger partial charge in [-0.05, 0) is 79.4 Å². The molecule has 0 radical (unpaired) electrons. The summed E-state index contributed by atoms with van der Waals surface area (Å²) in [5, 5.41) is 7.37. The normalized spacial score (nSPS) is 11.5. The molecular formula is C30H29Cl3F2N4O4. The van der Waals surface area contributed by atoms with Gasteiger partial charge >= 0.3 is 0 Å². The Hall–Kier alpha value is -3.57. The number of ketones is 1. The summed E-state index contributed by atoms with van der Waals surface area (Å²) in [7, 11) is 0. The third-order valence-electron chi connectivity index (χ3n) is 6.36. The van der Waals surface area contributed by atoms with Crippen molar-refractivity contribution < 1.29 is 27.6 Å². The van der Waals surface area contributed by atoms with Gasteiger partial charge in [-0.3, -0.25) is 9.59 Å². The number of rotatable bonds is 14.